The van der Waals surface area contributed by atoms with Gasteiger partial charge in [-0.05, 0) is 18.2 Å². The maximum absolute atomic E-state index is 13.6. The molecule has 0 amide bonds. The predicted octanol–water partition coefficient (Wildman–Crippen LogP) is 2.32. The number of aromatic nitrogens is 2. The van der Waals surface area contributed by atoms with E-state index in [0.717, 1.165) is 6.33 Å². The van der Waals surface area contributed by atoms with Crippen LogP contribution in [0.5, 0.6) is 0 Å². The summed E-state index contributed by atoms with van der Waals surface area (Å²) in [6.07, 6.45) is 1.07. The molecule has 1 aromatic heterocycles. The van der Waals surface area contributed by atoms with Crippen LogP contribution in [0.3, 0.4) is 0 Å². The van der Waals surface area contributed by atoms with Crippen LogP contribution in [0.25, 0.3) is 0 Å². The number of nitrogens with two attached hydrogens (primary N) is 1. The van der Waals surface area contributed by atoms with Gasteiger partial charge in [0.25, 0.3) is 0 Å². The maximum atomic E-state index is 13.6. The molecule has 0 unspecified atom stereocenters. The molecule has 0 spiro atoms. The fourth-order valence-electron chi connectivity index (χ4n) is 1.47. The number of hydrogen-bond donors (Lipinski definition) is 3. The fourth-order valence-corrected chi connectivity index (χ4v) is 1.83. The number of nitrogen functional groups attached to an aromatic ring is 1. The van der Waals surface area contributed by atoms with Gasteiger partial charge in [-0.1, -0.05) is 15.9 Å². The summed E-state index contributed by atoms with van der Waals surface area (Å²) in [4.78, 5) is 17.7. The summed E-state index contributed by atoms with van der Waals surface area (Å²) in [6, 6.07) is 4.14. The van der Waals surface area contributed by atoms with E-state index in [2.05, 4.69) is 36.6 Å². The Kier molecular flexibility index (Phi) is 4.05. The highest BCUT2D eigenvalue weighted by Gasteiger charge is 2.23. The number of hydrazine groups is 1. The first-order valence-corrected chi connectivity index (χ1v) is 6.00. The Morgan fingerprint density at radius 2 is 2.05 bits per heavy atom. The van der Waals surface area contributed by atoms with Gasteiger partial charge in [0.15, 0.2) is 0 Å². The number of hydrogen-bond acceptors (Lipinski definition) is 7. The zero-order chi connectivity index (χ0) is 14.7. The number of nitrogens with zero attached hydrogens (tertiary/aromatic N) is 3. The zero-order valence-electron chi connectivity index (χ0n) is 9.80. The Morgan fingerprint density at radius 3 is 2.70 bits per heavy atom. The van der Waals surface area contributed by atoms with Crippen LogP contribution < -0.4 is 16.6 Å². The number of nitrogens with one attached hydrogen (secondary N) is 2. The summed E-state index contributed by atoms with van der Waals surface area (Å²) in [6.45, 7) is 0. The number of rotatable bonds is 4. The molecule has 0 saturated carbocycles. The highest BCUT2D eigenvalue weighted by Crippen LogP contribution is 2.32. The van der Waals surface area contributed by atoms with E-state index in [0.29, 0.717) is 4.47 Å². The first-order valence-electron chi connectivity index (χ1n) is 5.21. The summed E-state index contributed by atoms with van der Waals surface area (Å²) in [5, 5.41) is 13.6. The molecule has 104 valence electrons. The van der Waals surface area contributed by atoms with E-state index in [1.807, 2.05) is 0 Å². The smallest absolute Gasteiger partial charge is 0.332 e. The third kappa shape index (κ3) is 2.81. The van der Waals surface area contributed by atoms with Crippen molar-refractivity contribution in [1.29, 1.82) is 0 Å². The van der Waals surface area contributed by atoms with Gasteiger partial charge in [-0.2, -0.15) is 0 Å². The van der Waals surface area contributed by atoms with Crippen molar-refractivity contribution in [2.24, 2.45) is 5.84 Å². The second-order valence-electron chi connectivity index (χ2n) is 3.57. The van der Waals surface area contributed by atoms with Crippen molar-refractivity contribution in [1.82, 2.24) is 9.97 Å². The summed E-state index contributed by atoms with van der Waals surface area (Å²) >= 11 is 3.18. The molecule has 1 aromatic carbocycles. The summed E-state index contributed by atoms with van der Waals surface area (Å²) < 4.78 is 14.2. The van der Waals surface area contributed by atoms with Gasteiger partial charge < -0.3 is 10.7 Å². The Morgan fingerprint density at radius 1 is 1.35 bits per heavy atom. The molecule has 0 aliphatic rings. The van der Waals surface area contributed by atoms with Gasteiger partial charge in [-0.3, -0.25) is 10.1 Å². The molecule has 0 aliphatic heterocycles. The Labute approximate surface area is 120 Å². The molecule has 0 aliphatic carbocycles. The molecule has 0 saturated heterocycles. The van der Waals surface area contributed by atoms with Crippen LogP contribution >= 0.6 is 15.9 Å². The third-order valence-electron chi connectivity index (χ3n) is 2.32. The van der Waals surface area contributed by atoms with Crippen LogP contribution in [0.1, 0.15) is 0 Å². The molecule has 20 heavy (non-hydrogen) atoms. The lowest BCUT2D eigenvalue weighted by Gasteiger charge is -2.09. The topological polar surface area (TPSA) is 119 Å². The summed E-state index contributed by atoms with van der Waals surface area (Å²) in [7, 11) is 0. The lowest BCUT2D eigenvalue weighted by atomic mass is 10.3. The van der Waals surface area contributed by atoms with Gasteiger partial charge in [0.2, 0.25) is 11.6 Å². The molecule has 10 heteroatoms. The SMILES string of the molecule is NNc1ncnc(Nc2cc(Br)ccc2F)c1[N+](=O)[O-]. The van der Waals surface area contributed by atoms with Gasteiger partial charge in [-0.25, -0.2) is 20.2 Å². The Hall–Kier alpha value is -2.33. The highest BCUT2D eigenvalue weighted by atomic mass is 79.9. The van der Waals surface area contributed by atoms with Crippen LogP contribution in [0, 0.1) is 15.9 Å². The number of halogens is 2. The van der Waals surface area contributed by atoms with Crippen molar-refractivity contribution < 1.29 is 9.31 Å². The Bertz CT molecular complexity index is 668. The van der Waals surface area contributed by atoms with E-state index >= 15 is 0 Å². The monoisotopic (exact) mass is 342 g/mol. The molecule has 2 aromatic rings. The maximum Gasteiger partial charge on any atom is 0.354 e. The van der Waals surface area contributed by atoms with Crippen molar-refractivity contribution >= 4 is 38.9 Å². The van der Waals surface area contributed by atoms with Gasteiger partial charge >= 0.3 is 5.69 Å². The van der Waals surface area contributed by atoms with E-state index in [1.54, 1.807) is 0 Å². The van der Waals surface area contributed by atoms with Crippen LogP contribution in [-0.2, 0) is 0 Å². The lowest BCUT2D eigenvalue weighted by Crippen LogP contribution is -2.13. The molecule has 4 N–H and O–H groups in total. The van der Waals surface area contributed by atoms with Crippen LogP contribution in [0.15, 0.2) is 29.0 Å². The minimum Gasteiger partial charge on any atom is -0.332 e. The normalized spacial score (nSPS) is 10.2. The fraction of sp³-hybridized carbons (Fsp3) is 0. The van der Waals surface area contributed by atoms with Gasteiger partial charge in [0.1, 0.15) is 12.1 Å². The highest BCUT2D eigenvalue weighted by molar-refractivity contribution is 9.10. The van der Waals surface area contributed by atoms with E-state index in [1.165, 1.54) is 18.2 Å². The molecule has 0 atom stereocenters. The largest absolute Gasteiger partial charge is 0.354 e. The van der Waals surface area contributed by atoms with Gasteiger partial charge in [-0.15, -0.1) is 0 Å². The average Bonchev–Trinajstić information content (AvgIpc) is 2.42. The Balaban J connectivity index is 2.48. The first kappa shape index (κ1) is 14.1. The molecule has 1 heterocycles. The molecule has 8 nitrogen and oxygen atoms in total. The summed E-state index contributed by atoms with van der Waals surface area (Å²) in [5.41, 5.74) is 1.65. The minimum absolute atomic E-state index is 0.0316. The molecule has 2 rings (SSSR count). The molecule has 0 bridgehead atoms. The first-order chi connectivity index (χ1) is 9.52. The number of benzene rings is 1. The van der Waals surface area contributed by atoms with Crippen LogP contribution in [0.2, 0.25) is 0 Å². The van der Waals surface area contributed by atoms with E-state index in [-0.39, 0.29) is 17.3 Å². The summed E-state index contributed by atoms with van der Waals surface area (Å²) in [5.74, 6) is 4.22. The lowest BCUT2D eigenvalue weighted by molar-refractivity contribution is -0.383. The molecule has 0 fully saturated rings. The minimum atomic E-state index is -0.715. The second kappa shape index (κ2) is 5.75. The van der Waals surface area contributed by atoms with E-state index < -0.39 is 16.4 Å². The van der Waals surface area contributed by atoms with Crippen molar-refractivity contribution in [3.8, 4) is 0 Å². The average molecular weight is 343 g/mol. The van der Waals surface area contributed by atoms with Crippen molar-refractivity contribution in [3.63, 3.8) is 0 Å². The van der Waals surface area contributed by atoms with Crippen LogP contribution in [0.4, 0.5) is 27.4 Å². The zero-order valence-corrected chi connectivity index (χ0v) is 11.4. The number of nitro groups is 1. The predicted molar refractivity (Wildman–Crippen MR) is 73.9 cm³/mol. The standard InChI is InChI=1S/C10H8BrFN6O2/c11-5-1-2-6(12)7(3-5)16-9-8(18(19)20)10(17-13)15-4-14-9/h1-4H,13H2,(H2,14,15,16,17). The second-order valence-corrected chi connectivity index (χ2v) is 4.49. The third-order valence-corrected chi connectivity index (χ3v) is 2.82. The van der Waals surface area contributed by atoms with Crippen molar-refractivity contribution in [2.45, 2.75) is 0 Å². The quantitative estimate of drug-likeness (QED) is 0.443. The van der Waals surface area contributed by atoms with Gasteiger partial charge in [0.05, 0.1) is 10.6 Å². The van der Waals surface area contributed by atoms with E-state index in [9.17, 15) is 14.5 Å². The number of anilines is 3. The molecular formula is C10H8BrFN6O2. The van der Waals surface area contributed by atoms with Crippen molar-refractivity contribution in [3.05, 3.63) is 44.9 Å². The van der Waals surface area contributed by atoms with E-state index in [4.69, 9.17) is 5.84 Å². The van der Waals surface area contributed by atoms with Crippen LogP contribution in [-0.4, -0.2) is 14.9 Å². The van der Waals surface area contributed by atoms with Crippen molar-refractivity contribution in [2.75, 3.05) is 10.7 Å². The molecular weight excluding hydrogens is 335 g/mol. The molecule has 0 radical (unpaired) electrons. The van der Waals surface area contributed by atoms with Gasteiger partial charge in [0, 0.05) is 4.47 Å².